The van der Waals surface area contributed by atoms with Gasteiger partial charge in [-0.1, -0.05) is 0 Å². The SMILES string of the molecule is CC(=O)Nc1cc[n+](CCC(=O)OC(Br)CCC(Br)OC(=O)CC[n+]2ccc(NC(C)=O)cc2)cc1. The number of nitrogens with zero attached hydrogens (tertiary/aromatic N) is 2. The fraction of sp³-hybridized carbons (Fsp3) is 0.417. The van der Waals surface area contributed by atoms with E-state index in [2.05, 4.69) is 42.5 Å². The Balaban J connectivity index is 1.62. The Hall–Kier alpha value is -2.86. The molecule has 2 aromatic rings. The third-order valence-corrected chi connectivity index (χ3v) is 6.00. The molecule has 194 valence electrons. The minimum atomic E-state index is -0.506. The van der Waals surface area contributed by atoms with Crippen LogP contribution in [0.5, 0.6) is 0 Å². The Morgan fingerprint density at radius 1 is 0.722 bits per heavy atom. The van der Waals surface area contributed by atoms with E-state index in [1.165, 1.54) is 13.8 Å². The fourth-order valence-corrected chi connectivity index (χ4v) is 3.96. The molecule has 0 saturated heterocycles. The largest absolute Gasteiger partial charge is 0.451 e. The standard InChI is InChI=1S/C24H28Br2N4O6/c1-17(31)27-19-5-11-29(12-6-19)15-9-23(33)35-21(25)3-4-22(26)36-24(34)10-16-30-13-7-20(8-14-30)28-18(2)32/h5-8,11-14,21-22H,3-4,9-10,15-16H2,1-2H3/p+2. The predicted molar refractivity (Wildman–Crippen MR) is 138 cm³/mol. The molecular formula is C24H30Br2N4O6+2. The normalized spacial score (nSPS) is 12.2. The molecule has 0 aliphatic heterocycles. The molecule has 2 aromatic heterocycles. The van der Waals surface area contributed by atoms with E-state index < -0.39 is 10.0 Å². The van der Waals surface area contributed by atoms with Crippen LogP contribution in [0, 0.1) is 0 Å². The molecule has 2 atom stereocenters. The zero-order valence-corrected chi connectivity index (χ0v) is 23.3. The molecule has 2 amide bonds. The van der Waals surface area contributed by atoms with Crippen LogP contribution in [0.3, 0.4) is 0 Å². The van der Waals surface area contributed by atoms with E-state index in [0.29, 0.717) is 37.3 Å². The molecule has 0 aliphatic carbocycles. The number of aryl methyl sites for hydroxylation is 2. The molecule has 2 heterocycles. The first kappa shape index (κ1) is 29.4. The molecule has 0 aliphatic rings. The van der Waals surface area contributed by atoms with Crippen LogP contribution in [0.2, 0.25) is 0 Å². The molecule has 0 fully saturated rings. The summed E-state index contributed by atoms with van der Waals surface area (Å²) in [6.07, 6.45) is 8.35. The van der Waals surface area contributed by atoms with Crippen molar-refractivity contribution >= 4 is 67.0 Å². The first-order valence-corrected chi connectivity index (χ1v) is 13.1. The number of amides is 2. The van der Waals surface area contributed by atoms with E-state index in [0.717, 1.165) is 0 Å². The van der Waals surface area contributed by atoms with Gasteiger partial charge in [-0.2, -0.15) is 0 Å². The molecule has 0 radical (unpaired) electrons. The summed E-state index contributed by atoms with van der Waals surface area (Å²) in [4.78, 5) is 46.3. The number of aromatic nitrogens is 2. The van der Waals surface area contributed by atoms with Gasteiger partial charge in [0.1, 0.15) is 12.8 Å². The van der Waals surface area contributed by atoms with Crippen LogP contribution in [0.4, 0.5) is 11.4 Å². The highest BCUT2D eigenvalue weighted by Crippen LogP contribution is 2.18. The Morgan fingerprint density at radius 3 is 1.36 bits per heavy atom. The topological polar surface area (TPSA) is 119 Å². The summed E-state index contributed by atoms with van der Waals surface area (Å²) in [5.74, 6) is -1.02. The Labute approximate surface area is 226 Å². The van der Waals surface area contributed by atoms with E-state index in [1.54, 1.807) is 49.1 Å². The third-order valence-electron chi connectivity index (χ3n) is 4.71. The van der Waals surface area contributed by atoms with Crippen molar-refractivity contribution in [3.63, 3.8) is 0 Å². The van der Waals surface area contributed by atoms with E-state index >= 15 is 0 Å². The fourth-order valence-electron chi connectivity index (χ4n) is 3.01. The zero-order valence-electron chi connectivity index (χ0n) is 20.1. The Morgan fingerprint density at radius 2 is 1.06 bits per heavy atom. The van der Waals surface area contributed by atoms with E-state index in [4.69, 9.17) is 9.47 Å². The van der Waals surface area contributed by atoms with Gasteiger partial charge in [-0.15, -0.1) is 0 Å². The molecule has 0 saturated carbocycles. The summed E-state index contributed by atoms with van der Waals surface area (Å²) < 4.78 is 14.4. The van der Waals surface area contributed by atoms with Gasteiger partial charge >= 0.3 is 11.9 Å². The summed E-state index contributed by atoms with van der Waals surface area (Å²) in [7, 11) is 0. The lowest BCUT2D eigenvalue weighted by Crippen LogP contribution is -2.34. The van der Waals surface area contributed by atoms with Crippen LogP contribution < -0.4 is 19.8 Å². The summed E-state index contributed by atoms with van der Waals surface area (Å²) in [5.41, 5.74) is 1.37. The minimum absolute atomic E-state index is 0.148. The van der Waals surface area contributed by atoms with Crippen molar-refractivity contribution in [2.45, 2.75) is 62.6 Å². The molecular weight excluding hydrogens is 600 g/mol. The molecule has 0 spiro atoms. The maximum absolute atomic E-state index is 12.1. The van der Waals surface area contributed by atoms with Gasteiger partial charge in [0.05, 0.1) is 11.4 Å². The zero-order chi connectivity index (χ0) is 26.5. The first-order chi connectivity index (χ1) is 17.1. The van der Waals surface area contributed by atoms with Crippen molar-refractivity contribution in [3.05, 3.63) is 49.1 Å². The number of hydrogen-bond donors (Lipinski definition) is 2. The van der Waals surface area contributed by atoms with Crippen molar-refractivity contribution < 1.29 is 37.8 Å². The number of carbonyl (C=O) groups is 4. The molecule has 2 rings (SSSR count). The van der Waals surface area contributed by atoms with Crippen LogP contribution in [-0.2, 0) is 41.7 Å². The maximum atomic E-state index is 12.1. The van der Waals surface area contributed by atoms with Crippen LogP contribution >= 0.6 is 31.9 Å². The minimum Gasteiger partial charge on any atom is -0.451 e. The molecule has 0 aromatic carbocycles. The number of carbonyl (C=O) groups excluding carboxylic acids is 4. The Kier molecular flexibility index (Phi) is 12.5. The van der Waals surface area contributed by atoms with Crippen LogP contribution in [0.1, 0.15) is 39.5 Å². The van der Waals surface area contributed by atoms with Gasteiger partial charge in [0.25, 0.3) is 0 Å². The van der Waals surface area contributed by atoms with Gasteiger partial charge in [0.15, 0.2) is 47.9 Å². The predicted octanol–water partition coefficient (Wildman–Crippen LogP) is 2.97. The summed E-state index contributed by atoms with van der Waals surface area (Å²) >= 11 is 6.67. The number of esters is 2. The van der Waals surface area contributed by atoms with E-state index in [9.17, 15) is 19.2 Å². The van der Waals surface area contributed by atoms with Crippen molar-refractivity contribution in [1.29, 1.82) is 0 Å². The summed E-state index contributed by atoms with van der Waals surface area (Å²) in [6, 6.07) is 7.00. The number of rotatable bonds is 13. The number of anilines is 2. The van der Waals surface area contributed by atoms with Crippen LogP contribution in [-0.4, -0.2) is 33.8 Å². The van der Waals surface area contributed by atoms with Gasteiger partial charge in [-0.25, -0.2) is 9.13 Å². The average molecular weight is 630 g/mol. The number of nitrogens with one attached hydrogen (secondary N) is 2. The lowest BCUT2D eigenvalue weighted by atomic mass is 10.3. The van der Waals surface area contributed by atoms with Crippen molar-refractivity contribution in [1.82, 2.24) is 0 Å². The van der Waals surface area contributed by atoms with Crippen molar-refractivity contribution in [3.8, 4) is 0 Å². The van der Waals surface area contributed by atoms with Crippen LogP contribution in [0.15, 0.2) is 49.1 Å². The second-order valence-corrected chi connectivity index (χ2v) is 9.93. The number of halogens is 2. The van der Waals surface area contributed by atoms with Gasteiger partial charge in [0.2, 0.25) is 11.8 Å². The summed E-state index contributed by atoms with van der Waals surface area (Å²) in [5, 5.41) is 4.35. The first-order valence-electron chi connectivity index (χ1n) is 11.3. The average Bonchev–Trinajstić information content (AvgIpc) is 2.81. The number of pyridine rings is 2. The smallest absolute Gasteiger partial charge is 0.313 e. The van der Waals surface area contributed by atoms with Gasteiger partial charge < -0.3 is 20.1 Å². The second kappa shape index (κ2) is 15.3. The molecule has 2 unspecified atom stereocenters. The third kappa shape index (κ3) is 12.2. The second-order valence-electron chi connectivity index (χ2n) is 7.89. The molecule has 0 bridgehead atoms. The van der Waals surface area contributed by atoms with Gasteiger partial charge in [0, 0.05) is 38.1 Å². The summed E-state index contributed by atoms with van der Waals surface area (Å²) in [6.45, 7) is 3.75. The van der Waals surface area contributed by atoms with Gasteiger partial charge in [-0.3, -0.25) is 19.2 Å². The quantitative estimate of drug-likeness (QED) is 0.200. The van der Waals surface area contributed by atoms with Crippen LogP contribution in [0.25, 0.3) is 0 Å². The molecule has 10 nitrogen and oxygen atoms in total. The number of ether oxygens (including phenoxy) is 2. The molecule has 2 N–H and O–H groups in total. The van der Waals surface area contributed by atoms with E-state index in [1.807, 2.05) is 9.13 Å². The van der Waals surface area contributed by atoms with Gasteiger partial charge in [-0.05, 0) is 44.7 Å². The maximum Gasteiger partial charge on any atom is 0.313 e. The molecule has 36 heavy (non-hydrogen) atoms. The highest BCUT2D eigenvalue weighted by molar-refractivity contribution is 9.09. The number of hydrogen-bond acceptors (Lipinski definition) is 6. The Bertz CT molecular complexity index is 950. The van der Waals surface area contributed by atoms with Crippen molar-refractivity contribution in [2.75, 3.05) is 10.6 Å². The molecule has 12 heteroatoms. The van der Waals surface area contributed by atoms with E-state index in [-0.39, 0.29) is 36.6 Å². The lowest BCUT2D eigenvalue weighted by Gasteiger charge is -2.14. The highest BCUT2D eigenvalue weighted by Gasteiger charge is 2.18. The number of alkyl halides is 2. The highest BCUT2D eigenvalue weighted by atomic mass is 79.9. The van der Waals surface area contributed by atoms with Crippen molar-refractivity contribution in [2.24, 2.45) is 0 Å². The lowest BCUT2D eigenvalue weighted by molar-refractivity contribution is -0.696. The monoisotopic (exact) mass is 628 g/mol.